The van der Waals surface area contributed by atoms with Crippen molar-refractivity contribution in [1.29, 1.82) is 0 Å². The molecular formula is C9H14N2O2. The van der Waals surface area contributed by atoms with Crippen LogP contribution in [0.2, 0.25) is 0 Å². The van der Waals surface area contributed by atoms with Gasteiger partial charge < -0.3 is 9.73 Å². The molecule has 4 heteroatoms. The van der Waals surface area contributed by atoms with Gasteiger partial charge in [0.15, 0.2) is 5.89 Å². The van der Waals surface area contributed by atoms with Crippen LogP contribution in [0.5, 0.6) is 0 Å². The molecule has 4 nitrogen and oxygen atoms in total. The number of nitrogens with zero attached hydrogens (tertiary/aromatic N) is 1. The van der Waals surface area contributed by atoms with Crippen molar-refractivity contribution < 1.29 is 9.21 Å². The van der Waals surface area contributed by atoms with Crippen molar-refractivity contribution in [3.05, 3.63) is 17.8 Å². The lowest BCUT2D eigenvalue weighted by atomic mass is 10.3. The van der Waals surface area contributed by atoms with E-state index >= 15 is 0 Å². The zero-order chi connectivity index (χ0) is 9.68. The van der Waals surface area contributed by atoms with E-state index in [2.05, 4.69) is 10.3 Å². The van der Waals surface area contributed by atoms with Gasteiger partial charge in [0.1, 0.15) is 5.76 Å². The number of amides is 1. The summed E-state index contributed by atoms with van der Waals surface area (Å²) in [4.78, 5) is 15.1. The van der Waals surface area contributed by atoms with Gasteiger partial charge in [-0.1, -0.05) is 6.92 Å². The second-order valence-corrected chi connectivity index (χ2v) is 2.70. The molecule has 1 N–H and O–H groups in total. The van der Waals surface area contributed by atoms with E-state index in [0.29, 0.717) is 18.2 Å². The fourth-order valence-corrected chi connectivity index (χ4v) is 1.01. The molecule has 1 heterocycles. The smallest absolute Gasteiger partial charge is 0.227 e. The molecule has 0 aromatic carbocycles. The molecule has 0 spiro atoms. The van der Waals surface area contributed by atoms with Crippen LogP contribution in [0.15, 0.2) is 10.6 Å². The molecule has 0 aliphatic heterocycles. The Morgan fingerprint density at radius 2 is 2.38 bits per heavy atom. The highest BCUT2D eigenvalue weighted by Gasteiger charge is 2.06. The highest BCUT2D eigenvalue weighted by Crippen LogP contribution is 2.04. The molecule has 72 valence electrons. The normalized spacial score (nSPS) is 10.0. The van der Waals surface area contributed by atoms with Gasteiger partial charge in [-0.25, -0.2) is 4.98 Å². The summed E-state index contributed by atoms with van der Waals surface area (Å²) < 4.78 is 5.28. The molecule has 0 atom stereocenters. The average molecular weight is 182 g/mol. The van der Waals surface area contributed by atoms with Crippen LogP contribution in [0.3, 0.4) is 0 Å². The lowest BCUT2D eigenvalue weighted by Crippen LogP contribution is -2.24. The number of aryl methyl sites for hydroxylation is 1. The van der Waals surface area contributed by atoms with Gasteiger partial charge in [0.05, 0.1) is 12.6 Å². The minimum atomic E-state index is -0.0266. The van der Waals surface area contributed by atoms with Crippen molar-refractivity contribution in [1.82, 2.24) is 10.3 Å². The number of nitrogens with one attached hydrogen (secondary N) is 1. The number of carbonyl (C=O) groups excluding carboxylic acids is 1. The van der Waals surface area contributed by atoms with E-state index in [9.17, 15) is 4.79 Å². The fraction of sp³-hybridized carbons (Fsp3) is 0.556. The van der Waals surface area contributed by atoms with Crippen LogP contribution in [0.4, 0.5) is 0 Å². The predicted molar refractivity (Wildman–Crippen MR) is 48.3 cm³/mol. The Hall–Kier alpha value is -1.32. The van der Waals surface area contributed by atoms with E-state index in [-0.39, 0.29) is 12.3 Å². The first-order chi connectivity index (χ1) is 6.26. The summed E-state index contributed by atoms with van der Waals surface area (Å²) >= 11 is 0. The lowest BCUT2D eigenvalue weighted by molar-refractivity contribution is -0.120. The number of carbonyl (C=O) groups is 1. The maximum absolute atomic E-state index is 11.1. The van der Waals surface area contributed by atoms with Gasteiger partial charge in [-0.3, -0.25) is 4.79 Å². The molecule has 1 amide bonds. The van der Waals surface area contributed by atoms with Crippen molar-refractivity contribution in [3.63, 3.8) is 0 Å². The minimum absolute atomic E-state index is 0.0266. The van der Waals surface area contributed by atoms with Gasteiger partial charge in [-0.05, 0) is 6.92 Å². The first-order valence-electron chi connectivity index (χ1n) is 4.46. The first kappa shape index (κ1) is 9.77. The van der Waals surface area contributed by atoms with E-state index in [4.69, 9.17) is 4.42 Å². The average Bonchev–Trinajstić information content (AvgIpc) is 2.52. The van der Waals surface area contributed by atoms with Crippen molar-refractivity contribution in [2.24, 2.45) is 0 Å². The number of hydrogen-bond acceptors (Lipinski definition) is 3. The summed E-state index contributed by atoms with van der Waals surface area (Å²) in [5.41, 5.74) is 0. The van der Waals surface area contributed by atoms with Crippen molar-refractivity contribution in [3.8, 4) is 0 Å². The zero-order valence-electron chi connectivity index (χ0n) is 7.96. The molecular weight excluding hydrogens is 168 g/mol. The van der Waals surface area contributed by atoms with Crippen LogP contribution < -0.4 is 5.32 Å². The highest BCUT2D eigenvalue weighted by molar-refractivity contribution is 5.77. The molecule has 0 unspecified atom stereocenters. The fourth-order valence-electron chi connectivity index (χ4n) is 1.01. The Labute approximate surface area is 77.3 Å². The Morgan fingerprint density at radius 1 is 1.62 bits per heavy atom. The molecule has 0 aliphatic rings. The van der Waals surface area contributed by atoms with E-state index in [1.807, 2.05) is 13.8 Å². The second kappa shape index (κ2) is 4.64. The van der Waals surface area contributed by atoms with Gasteiger partial charge in [0.25, 0.3) is 0 Å². The van der Waals surface area contributed by atoms with Crippen molar-refractivity contribution in [2.45, 2.75) is 26.7 Å². The van der Waals surface area contributed by atoms with Crippen LogP contribution in [0.25, 0.3) is 0 Å². The Balaban J connectivity index is 2.49. The SMILES string of the molecule is CCNC(=O)Cc1cnc(CC)o1. The molecule has 0 saturated carbocycles. The van der Waals surface area contributed by atoms with Gasteiger partial charge >= 0.3 is 0 Å². The topological polar surface area (TPSA) is 55.1 Å². The van der Waals surface area contributed by atoms with E-state index < -0.39 is 0 Å². The third kappa shape index (κ3) is 2.89. The number of hydrogen-bond donors (Lipinski definition) is 1. The first-order valence-corrected chi connectivity index (χ1v) is 4.46. The van der Waals surface area contributed by atoms with Gasteiger partial charge in [-0.2, -0.15) is 0 Å². The van der Waals surface area contributed by atoms with Crippen LogP contribution >= 0.6 is 0 Å². The van der Waals surface area contributed by atoms with E-state index in [0.717, 1.165) is 6.42 Å². The second-order valence-electron chi connectivity index (χ2n) is 2.70. The molecule has 1 rings (SSSR count). The van der Waals surface area contributed by atoms with Crippen LogP contribution in [0, 0.1) is 0 Å². The molecule has 0 saturated heterocycles. The summed E-state index contributed by atoms with van der Waals surface area (Å²) in [5, 5.41) is 2.69. The highest BCUT2D eigenvalue weighted by atomic mass is 16.4. The molecule has 0 bridgehead atoms. The summed E-state index contributed by atoms with van der Waals surface area (Å²) in [6.45, 7) is 4.49. The largest absolute Gasteiger partial charge is 0.445 e. The summed E-state index contributed by atoms with van der Waals surface area (Å²) in [6, 6.07) is 0. The van der Waals surface area contributed by atoms with Crippen LogP contribution in [-0.4, -0.2) is 17.4 Å². The molecule has 13 heavy (non-hydrogen) atoms. The number of oxazole rings is 1. The summed E-state index contributed by atoms with van der Waals surface area (Å²) in [5.74, 6) is 1.28. The van der Waals surface area contributed by atoms with Crippen LogP contribution in [-0.2, 0) is 17.6 Å². The Bertz CT molecular complexity index is 281. The Morgan fingerprint density at radius 3 is 2.92 bits per heavy atom. The van der Waals surface area contributed by atoms with Crippen molar-refractivity contribution >= 4 is 5.91 Å². The van der Waals surface area contributed by atoms with Gasteiger partial charge in [-0.15, -0.1) is 0 Å². The molecule has 1 aromatic rings. The predicted octanol–water partition coefficient (Wildman–Crippen LogP) is 0.916. The van der Waals surface area contributed by atoms with Gasteiger partial charge in [0.2, 0.25) is 5.91 Å². The van der Waals surface area contributed by atoms with E-state index in [1.165, 1.54) is 0 Å². The monoisotopic (exact) mass is 182 g/mol. The zero-order valence-corrected chi connectivity index (χ0v) is 7.96. The molecule has 0 fully saturated rings. The molecule has 0 radical (unpaired) electrons. The lowest BCUT2D eigenvalue weighted by Gasteiger charge is -1.97. The maximum atomic E-state index is 11.1. The number of likely N-dealkylation sites (N-methyl/N-ethyl adjacent to an activating group) is 1. The third-order valence-corrected chi connectivity index (χ3v) is 1.61. The number of aromatic nitrogens is 1. The van der Waals surface area contributed by atoms with E-state index in [1.54, 1.807) is 6.20 Å². The quantitative estimate of drug-likeness (QED) is 0.753. The third-order valence-electron chi connectivity index (χ3n) is 1.61. The molecule has 1 aromatic heterocycles. The minimum Gasteiger partial charge on any atom is -0.445 e. The maximum Gasteiger partial charge on any atom is 0.227 e. The van der Waals surface area contributed by atoms with Crippen molar-refractivity contribution in [2.75, 3.05) is 6.54 Å². The Kier molecular flexibility index (Phi) is 3.49. The number of rotatable bonds is 4. The summed E-state index contributed by atoms with van der Waals surface area (Å²) in [7, 11) is 0. The standard InChI is InChI=1S/C9H14N2O2/c1-3-9-11-6-7(13-9)5-8(12)10-4-2/h6H,3-5H2,1-2H3,(H,10,12). The molecule has 0 aliphatic carbocycles. The van der Waals surface area contributed by atoms with Crippen LogP contribution in [0.1, 0.15) is 25.5 Å². The van der Waals surface area contributed by atoms with Gasteiger partial charge in [0, 0.05) is 13.0 Å². The summed E-state index contributed by atoms with van der Waals surface area (Å²) in [6.07, 6.45) is 2.64.